The van der Waals surface area contributed by atoms with Gasteiger partial charge in [0.15, 0.2) is 5.69 Å². The van der Waals surface area contributed by atoms with Crippen LogP contribution in [0, 0.1) is 13.8 Å². The summed E-state index contributed by atoms with van der Waals surface area (Å²) in [6.07, 6.45) is 2.58. The Hall–Kier alpha value is -5.60. The van der Waals surface area contributed by atoms with Crippen LogP contribution in [0.25, 0.3) is 21.3 Å². The predicted octanol–water partition coefficient (Wildman–Crippen LogP) is 3.34. The van der Waals surface area contributed by atoms with E-state index in [1.807, 2.05) is 6.92 Å². The first-order valence-corrected chi connectivity index (χ1v) is 13.0. The summed E-state index contributed by atoms with van der Waals surface area (Å²) in [6.45, 7) is 2.62. The van der Waals surface area contributed by atoms with Gasteiger partial charge in [-0.3, -0.25) is 33.5 Å². The number of benzene rings is 1. The number of aryl methyl sites for hydroxylation is 2. The van der Waals surface area contributed by atoms with E-state index < -0.39 is 53.9 Å². The van der Waals surface area contributed by atoms with Crippen LogP contribution in [0.3, 0.4) is 0 Å². The summed E-state index contributed by atoms with van der Waals surface area (Å²) >= 11 is 0. The van der Waals surface area contributed by atoms with Gasteiger partial charge in [-0.2, -0.15) is 0 Å². The van der Waals surface area contributed by atoms with Crippen LogP contribution >= 0.6 is 0 Å². The summed E-state index contributed by atoms with van der Waals surface area (Å²) in [5, 5.41) is 22.9. The van der Waals surface area contributed by atoms with Crippen LogP contribution < -0.4 is 11.2 Å². The molecule has 4 aromatic rings. The van der Waals surface area contributed by atoms with Crippen LogP contribution in [0.4, 0.5) is 5.69 Å². The number of rotatable bonds is 8. The molecule has 1 amide bonds. The molecule has 1 aliphatic heterocycles. The van der Waals surface area contributed by atoms with Crippen molar-refractivity contribution in [2.75, 3.05) is 6.61 Å². The van der Waals surface area contributed by atoms with Crippen LogP contribution in [0.5, 0.6) is 5.88 Å². The Kier molecular flexibility index (Phi) is 8.14. The molecule has 0 spiro atoms. The number of amides is 1. The number of aromatic nitrogens is 4. The second-order valence-electron chi connectivity index (χ2n) is 9.82. The lowest BCUT2D eigenvalue weighted by atomic mass is 10.1. The highest BCUT2D eigenvalue weighted by atomic mass is 16.6. The molecule has 1 aromatic carbocycles. The molecule has 220 valence electrons. The maximum Gasteiger partial charge on any atom is 0.330 e. The van der Waals surface area contributed by atoms with Gasteiger partial charge in [0.25, 0.3) is 11.5 Å². The Labute approximate surface area is 241 Å². The fraction of sp³-hybridized carbons (Fsp3) is 0.296. The highest BCUT2D eigenvalue weighted by Crippen LogP contribution is 2.39. The number of nitrogens with zero attached hydrogens (tertiary/aromatic N) is 8. The maximum absolute atomic E-state index is 12.9. The van der Waals surface area contributed by atoms with Crippen LogP contribution in [0.1, 0.15) is 34.1 Å². The smallest absolute Gasteiger partial charge is 0.330 e. The molecule has 0 saturated carbocycles. The summed E-state index contributed by atoms with van der Waals surface area (Å²) < 4.78 is 13.7. The van der Waals surface area contributed by atoms with E-state index in [4.69, 9.17) is 15.0 Å². The number of carbonyl (C=O) groups excluding carboxylic acids is 2. The zero-order chi connectivity index (χ0) is 30.7. The Morgan fingerprint density at radius 2 is 2.00 bits per heavy atom. The van der Waals surface area contributed by atoms with E-state index in [1.54, 1.807) is 18.2 Å². The number of pyridine rings is 1. The number of azo groups is 1. The number of carbonyl (C=O) groups is 2. The van der Waals surface area contributed by atoms with Gasteiger partial charge in [0.05, 0.1) is 11.6 Å². The van der Waals surface area contributed by atoms with Crippen molar-refractivity contribution in [3.63, 3.8) is 0 Å². The molecule has 1 saturated heterocycles. The molecular weight excluding hydrogens is 562 g/mol. The first kappa shape index (κ1) is 28.9. The summed E-state index contributed by atoms with van der Waals surface area (Å²) in [5.74, 6) is -1.80. The molecule has 3 aromatic heterocycles. The third kappa shape index (κ3) is 6.05. The summed E-state index contributed by atoms with van der Waals surface area (Å²) in [7, 11) is 0. The number of aromatic amines is 1. The SMILES string of the molecule is Cc1ccc2c(c1)c(N=NC(=O)c1ccncc1)c(O)n2CC(=O)OCC1OC(n2cc(C)c(=O)[nH]c2=O)CC1N=[N+]=[N-]. The number of nitrogens with one attached hydrogen (secondary N) is 1. The van der Waals surface area contributed by atoms with Gasteiger partial charge in [-0.1, -0.05) is 16.7 Å². The van der Waals surface area contributed by atoms with Crippen LogP contribution in [0.2, 0.25) is 0 Å². The normalized spacial score (nSPS) is 18.1. The van der Waals surface area contributed by atoms with Gasteiger partial charge in [-0.05, 0) is 43.6 Å². The first-order valence-electron chi connectivity index (χ1n) is 13.0. The van der Waals surface area contributed by atoms with E-state index in [2.05, 4.69) is 30.2 Å². The number of aromatic hydroxyl groups is 1. The Morgan fingerprint density at radius 3 is 2.74 bits per heavy atom. The van der Waals surface area contributed by atoms with Crippen molar-refractivity contribution < 1.29 is 24.2 Å². The molecule has 2 N–H and O–H groups in total. The fourth-order valence-corrected chi connectivity index (χ4v) is 4.72. The minimum absolute atomic E-state index is 0.000864. The molecular formula is C27H25N9O7. The molecule has 3 unspecified atom stereocenters. The second kappa shape index (κ2) is 12.1. The van der Waals surface area contributed by atoms with Gasteiger partial charge in [0.2, 0.25) is 5.88 Å². The van der Waals surface area contributed by atoms with E-state index in [0.29, 0.717) is 10.9 Å². The molecule has 1 aliphatic rings. The molecule has 1 fully saturated rings. The average Bonchev–Trinajstić information content (AvgIpc) is 3.50. The fourth-order valence-electron chi connectivity index (χ4n) is 4.72. The van der Waals surface area contributed by atoms with Gasteiger partial charge in [-0.15, -0.1) is 10.2 Å². The zero-order valence-corrected chi connectivity index (χ0v) is 22.9. The van der Waals surface area contributed by atoms with Crippen molar-refractivity contribution >= 4 is 28.5 Å². The third-order valence-electron chi connectivity index (χ3n) is 6.89. The van der Waals surface area contributed by atoms with Gasteiger partial charge in [0.1, 0.15) is 25.5 Å². The number of H-pyrrole nitrogens is 1. The van der Waals surface area contributed by atoms with Crippen molar-refractivity contribution in [2.45, 2.75) is 45.2 Å². The van der Waals surface area contributed by atoms with Gasteiger partial charge in [0, 0.05) is 46.4 Å². The van der Waals surface area contributed by atoms with Crippen LogP contribution in [-0.2, 0) is 20.8 Å². The molecule has 0 aliphatic carbocycles. The van der Waals surface area contributed by atoms with Crippen LogP contribution in [-0.4, -0.2) is 54.8 Å². The molecule has 0 bridgehead atoms. The lowest BCUT2D eigenvalue weighted by Gasteiger charge is -2.17. The lowest BCUT2D eigenvalue weighted by molar-refractivity contribution is -0.149. The molecule has 16 nitrogen and oxygen atoms in total. The molecule has 43 heavy (non-hydrogen) atoms. The second-order valence-corrected chi connectivity index (χ2v) is 9.82. The first-order chi connectivity index (χ1) is 20.7. The number of fused-ring (bicyclic) bond motifs is 1. The maximum atomic E-state index is 12.9. The Balaban J connectivity index is 1.33. The number of ether oxygens (including phenoxy) is 2. The van der Waals surface area contributed by atoms with Crippen molar-refractivity contribution in [3.05, 3.63) is 96.9 Å². The van der Waals surface area contributed by atoms with Crippen molar-refractivity contribution in [2.24, 2.45) is 15.3 Å². The minimum Gasteiger partial charge on any atom is -0.493 e. The quantitative estimate of drug-likeness (QED) is 0.134. The molecule has 16 heteroatoms. The highest BCUT2D eigenvalue weighted by molar-refractivity contribution is 5.98. The Bertz CT molecular complexity index is 1910. The number of azide groups is 1. The van der Waals surface area contributed by atoms with E-state index in [9.17, 15) is 24.3 Å². The van der Waals surface area contributed by atoms with Crippen molar-refractivity contribution in [1.29, 1.82) is 0 Å². The van der Waals surface area contributed by atoms with Crippen LogP contribution in [0.15, 0.2) is 73.9 Å². The van der Waals surface area contributed by atoms with Gasteiger partial charge in [-0.25, -0.2) is 4.79 Å². The predicted molar refractivity (Wildman–Crippen MR) is 150 cm³/mol. The van der Waals surface area contributed by atoms with E-state index in [-0.39, 0.29) is 29.8 Å². The summed E-state index contributed by atoms with van der Waals surface area (Å²) in [5.41, 5.74) is 9.63. The van der Waals surface area contributed by atoms with E-state index in [1.165, 1.54) is 46.8 Å². The summed E-state index contributed by atoms with van der Waals surface area (Å²) in [6, 6.07) is 7.40. The standard InChI is InChI=1S/C27H25N9O7/c1-14-3-4-19-17(9-14)23(32-33-25(39)16-5-7-29-8-6-16)26(40)35(19)12-22(37)42-13-20-18(31-34-28)10-21(43-20)36-11-15(2)24(38)30-27(36)41/h3-9,11,18,20-21,40H,10,12-13H2,1-2H3,(H,30,38,41). The van der Waals surface area contributed by atoms with Crippen molar-refractivity contribution in [3.8, 4) is 5.88 Å². The summed E-state index contributed by atoms with van der Waals surface area (Å²) in [4.78, 5) is 58.3. The van der Waals surface area contributed by atoms with E-state index in [0.717, 1.165) is 5.56 Å². The zero-order valence-electron chi connectivity index (χ0n) is 22.9. The highest BCUT2D eigenvalue weighted by Gasteiger charge is 2.37. The number of hydrogen-bond donors (Lipinski definition) is 2. The molecule has 4 heterocycles. The van der Waals surface area contributed by atoms with Gasteiger partial charge < -0.3 is 14.6 Å². The Morgan fingerprint density at radius 1 is 1.23 bits per heavy atom. The van der Waals surface area contributed by atoms with Crippen molar-refractivity contribution in [1.82, 2.24) is 19.1 Å². The molecule has 0 radical (unpaired) electrons. The third-order valence-corrected chi connectivity index (χ3v) is 6.89. The lowest BCUT2D eigenvalue weighted by Crippen LogP contribution is -2.33. The van der Waals surface area contributed by atoms with Gasteiger partial charge >= 0.3 is 11.7 Å². The number of esters is 1. The minimum atomic E-state index is -0.884. The molecule has 3 atom stereocenters. The largest absolute Gasteiger partial charge is 0.493 e. The average molecular weight is 588 g/mol. The topological polar surface area (TPSA) is 219 Å². The van der Waals surface area contributed by atoms with E-state index >= 15 is 0 Å². The number of hydrogen-bond acceptors (Lipinski definition) is 10. The monoisotopic (exact) mass is 587 g/mol. The molecule has 5 rings (SSSR count).